The molecule has 2 heterocycles. The lowest BCUT2D eigenvalue weighted by Crippen LogP contribution is -2.29. The standard InChI is InChI=1S/C26H19BrClF3N2O4S/c27-20-11-24-23(36-12-37-24)10-18(20)25-16-3-1-2-15(16)17-9-14(5-7-22(17)32-25)38(34,35)33-13-4-6-21(28)19(8-13)26(29,30)31/h1-2,4-11,15-16,25,32-33H,3,12H2/t15-,16+,25-/m0/s1. The van der Waals surface area contributed by atoms with Crippen LogP contribution in [0.5, 0.6) is 11.5 Å². The van der Waals surface area contributed by atoms with Crippen molar-refractivity contribution in [2.24, 2.45) is 5.92 Å². The number of hydrogen-bond acceptors (Lipinski definition) is 5. The third-order valence-corrected chi connectivity index (χ3v) is 9.39. The first-order valence-corrected chi connectivity index (χ1v) is 14.2. The highest BCUT2D eigenvalue weighted by molar-refractivity contribution is 9.10. The average Bonchev–Trinajstić information content (AvgIpc) is 3.53. The van der Waals surface area contributed by atoms with E-state index < -0.39 is 26.8 Å². The van der Waals surface area contributed by atoms with E-state index in [0.717, 1.165) is 33.8 Å². The molecule has 6 nitrogen and oxygen atoms in total. The van der Waals surface area contributed by atoms with Gasteiger partial charge in [0.25, 0.3) is 10.0 Å². The molecule has 3 atom stereocenters. The summed E-state index contributed by atoms with van der Waals surface area (Å²) in [5.74, 6) is 1.39. The van der Waals surface area contributed by atoms with Crippen LogP contribution in [0.4, 0.5) is 24.5 Å². The van der Waals surface area contributed by atoms with Crippen molar-refractivity contribution in [3.63, 3.8) is 0 Å². The highest BCUT2D eigenvalue weighted by Crippen LogP contribution is 2.52. The van der Waals surface area contributed by atoms with Gasteiger partial charge in [-0.05, 0) is 72.0 Å². The van der Waals surface area contributed by atoms with Crippen LogP contribution < -0.4 is 19.5 Å². The molecule has 0 saturated heterocycles. The zero-order chi connectivity index (χ0) is 26.8. The highest BCUT2D eigenvalue weighted by Gasteiger charge is 2.40. The number of anilines is 2. The molecule has 2 N–H and O–H groups in total. The van der Waals surface area contributed by atoms with Gasteiger partial charge < -0.3 is 14.8 Å². The lowest BCUT2D eigenvalue weighted by atomic mass is 9.77. The number of allylic oxidation sites excluding steroid dienone is 2. The Balaban J connectivity index is 1.33. The van der Waals surface area contributed by atoms with Crippen molar-refractivity contribution in [3.05, 3.63) is 86.9 Å². The van der Waals surface area contributed by atoms with Crippen molar-refractivity contribution in [1.82, 2.24) is 0 Å². The Morgan fingerprint density at radius 2 is 1.79 bits per heavy atom. The largest absolute Gasteiger partial charge is 0.454 e. The van der Waals surface area contributed by atoms with E-state index in [-0.39, 0.29) is 35.3 Å². The Kier molecular flexibility index (Phi) is 6.08. The molecular weight excluding hydrogens is 609 g/mol. The van der Waals surface area contributed by atoms with Crippen LogP contribution in [0.25, 0.3) is 0 Å². The number of sulfonamides is 1. The van der Waals surface area contributed by atoms with Crippen molar-refractivity contribution in [2.45, 2.75) is 29.5 Å². The van der Waals surface area contributed by atoms with Gasteiger partial charge in [0.1, 0.15) is 0 Å². The zero-order valence-corrected chi connectivity index (χ0v) is 22.5. The number of ether oxygens (including phenoxy) is 2. The van der Waals surface area contributed by atoms with E-state index in [1.807, 2.05) is 12.1 Å². The summed E-state index contributed by atoms with van der Waals surface area (Å²) >= 11 is 9.32. The van der Waals surface area contributed by atoms with Crippen LogP contribution in [0.2, 0.25) is 5.02 Å². The molecule has 1 aliphatic carbocycles. The third-order valence-electron chi connectivity index (χ3n) is 7.00. The first-order valence-electron chi connectivity index (χ1n) is 11.6. The summed E-state index contributed by atoms with van der Waals surface area (Å²) in [5.41, 5.74) is 1.22. The Labute approximate surface area is 230 Å². The van der Waals surface area contributed by atoms with E-state index in [1.54, 1.807) is 12.1 Å². The number of rotatable bonds is 4. The van der Waals surface area contributed by atoms with Crippen LogP contribution in [0.15, 0.2) is 70.1 Å². The van der Waals surface area contributed by atoms with Gasteiger partial charge in [-0.1, -0.05) is 39.7 Å². The van der Waals surface area contributed by atoms with Crippen LogP contribution in [0.1, 0.15) is 35.1 Å². The molecule has 0 spiro atoms. The van der Waals surface area contributed by atoms with Gasteiger partial charge in [0, 0.05) is 21.8 Å². The molecule has 0 bridgehead atoms. The Hall–Kier alpha value is -2.89. The van der Waals surface area contributed by atoms with E-state index in [2.05, 4.69) is 38.1 Å². The SMILES string of the molecule is O=S(=O)(Nc1ccc(Cl)c(C(F)(F)F)c1)c1ccc2c(c1)[C@H]1C=CC[C@H]1[C@@H](c1cc3c(cc1Br)OCO3)N2. The minimum absolute atomic E-state index is 0.0525. The molecule has 6 rings (SSSR count). The molecule has 3 aliphatic rings. The van der Waals surface area contributed by atoms with Gasteiger partial charge in [-0.2, -0.15) is 13.2 Å². The minimum Gasteiger partial charge on any atom is -0.454 e. The fraction of sp³-hybridized carbons (Fsp3) is 0.231. The fourth-order valence-corrected chi connectivity index (χ4v) is 7.12. The van der Waals surface area contributed by atoms with Crippen LogP contribution >= 0.6 is 27.5 Å². The Bertz CT molecular complexity index is 1600. The monoisotopic (exact) mass is 626 g/mol. The molecular formula is C26H19BrClF3N2O4S. The van der Waals surface area contributed by atoms with Crippen LogP contribution in [0.3, 0.4) is 0 Å². The molecule has 0 saturated carbocycles. The maximum atomic E-state index is 13.3. The van der Waals surface area contributed by atoms with Crippen LogP contribution in [-0.4, -0.2) is 15.2 Å². The van der Waals surface area contributed by atoms with Crippen molar-refractivity contribution in [2.75, 3.05) is 16.8 Å². The van der Waals surface area contributed by atoms with Gasteiger partial charge in [-0.3, -0.25) is 4.72 Å². The topological polar surface area (TPSA) is 76.7 Å². The van der Waals surface area contributed by atoms with E-state index in [1.165, 1.54) is 12.1 Å². The third kappa shape index (κ3) is 4.40. The molecule has 0 amide bonds. The van der Waals surface area contributed by atoms with Crippen LogP contribution in [-0.2, 0) is 16.2 Å². The summed E-state index contributed by atoms with van der Waals surface area (Å²) in [6.07, 6.45) is 0.203. The molecule has 198 valence electrons. The van der Waals surface area contributed by atoms with Gasteiger partial charge in [-0.25, -0.2) is 8.42 Å². The molecule has 12 heteroatoms. The number of halogens is 5. The predicted molar refractivity (Wildman–Crippen MR) is 140 cm³/mol. The quantitative estimate of drug-likeness (QED) is 0.294. The highest BCUT2D eigenvalue weighted by atomic mass is 79.9. The Morgan fingerprint density at radius 3 is 2.55 bits per heavy atom. The van der Waals surface area contributed by atoms with Crippen molar-refractivity contribution in [1.29, 1.82) is 0 Å². The zero-order valence-electron chi connectivity index (χ0n) is 19.4. The van der Waals surface area contributed by atoms with Gasteiger partial charge in [0.05, 0.1) is 21.5 Å². The molecule has 2 aliphatic heterocycles. The maximum Gasteiger partial charge on any atom is 0.417 e. The average molecular weight is 628 g/mol. The molecule has 3 aromatic carbocycles. The predicted octanol–water partition coefficient (Wildman–Crippen LogP) is 7.48. The first kappa shape index (κ1) is 25.4. The second-order valence-electron chi connectivity index (χ2n) is 9.25. The number of benzene rings is 3. The fourth-order valence-electron chi connectivity index (χ4n) is 5.24. The molecule has 0 radical (unpaired) electrons. The van der Waals surface area contributed by atoms with Crippen LogP contribution in [0, 0.1) is 5.92 Å². The second-order valence-corrected chi connectivity index (χ2v) is 12.2. The number of nitrogens with one attached hydrogen (secondary N) is 2. The smallest absolute Gasteiger partial charge is 0.417 e. The molecule has 0 aromatic heterocycles. The van der Waals surface area contributed by atoms with Gasteiger partial charge in [0.2, 0.25) is 6.79 Å². The van der Waals surface area contributed by atoms with Crippen molar-refractivity contribution in [3.8, 4) is 11.5 Å². The number of hydrogen-bond donors (Lipinski definition) is 2. The first-order chi connectivity index (χ1) is 18.0. The van der Waals surface area contributed by atoms with Gasteiger partial charge >= 0.3 is 6.18 Å². The number of alkyl halides is 3. The molecule has 0 fully saturated rings. The maximum absolute atomic E-state index is 13.3. The van der Waals surface area contributed by atoms with Gasteiger partial charge in [-0.15, -0.1) is 0 Å². The van der Waals surface area contributed by atoms with Crippen molar-refractivity contribution >= 4 is 48.9 Å². The summed E-state index contributed by atoms with van der Waals surface area (Å²) in [5, 5.41) is 3.04. The van der Waals surface area contributed by atoms with E-state index in [0.29, 0.717) is 17.6 Å². The van der Waals surface area contributed by atoms with Gasteiger partial charge in [0.15, 0.2) is 11.5 Å². The minimum atomic E-state index is -4.72. The summed E-state index contributed by atoms with van der Waals surface area (Å²) in [4.78, 5) is -0.0525. The van der Waals surface area contributed by atoms with E-state index in [9.17, 15) is 21.6 Å². The van der Waals surface area contributed by atoms with E-state index >= 15 is 0 Å². The summed E-state index contributed by atoms with van der Waals surface area (Å²) in [6, 6.07) is 11.3. The molecule has 38 heavy (non-hydrogen) atoms. The summed E-state index contributed by atoms with van der Waals surface area (Å²) < 4.78 is 80.3. The Morgan fingerprint density at radius 1 is 1.03 bits per heavy atom. The lowest BCUT2D eigenvalue weighted by molar-refractivity contribution is -0.137. The number of fused-ring (bicyclic) bond motifs is 4. The summed E-state index contributed by atoms with van der Waals surface area (Å²) in [7, 11) is -4.18. The normalized spacial score (nSPS) is 21.6. The van der Waals surface area contributed by atoms with E-state index in [4.69, 9.17) is 21.1 Å². The summed E-state index contributed by atoms with van der Waals surface area (Å²) in [6.45, 7) is 0.165. The second kappa shape index (κ2) is 9.10. The lowest BCUT2D eigenvalue weighted by Gasteiger charge is -2.38. The molecule has 0 unspecified atom stereocenters. The van der Waals surface area contributed by atoms with Crippen molar-refractivity contribution < 1.29 is 31.1 Å². The molecule has 3 aromatic rings.